The predicted octanol–water partition coefficient (Wildman–Crippen LogP) is 5.98. The van der Waals surface area contributed by atoms with Crippen LogP contribution < -0.4 is 9.46 Å². The summed E-state index contributed by atoms with van der Waals surface area (Å²) >= 11 is 12.1. The molecular formula is C30H28Cl2N4O4S. The van der Waals surface area contributed by atoms with Gasteiger partial charge in [-0.2, -0.15) is 0 Å². The Labute approximate surface area is 249 Å². The first-order chi connectivity index (χ1) is 19.8. The quantitative estimate of drug-likeness (QED) is 0.250. The van der Waals surface area contributed by atoms with E-state index in [-0.39, 0.29) is 16.5 Å². The third-order valence-electron chi connectivity index (χ3n) is 6.79. The van der Waals surface area contributed by atoms with Gasteiger partial charge in [0.1, 0.15) is 5.75 Å². The van der Waals surface area contributed by atoms with Crippen LogP contribution in [-0.2, 0) is 16.4 Å². The first-order valence-electron chi connectivity index (χ1n) is 13.0. The standard InChI is InChI=1S/C30H28Cl2N4O4S/c31-26-10-7-24(21-27(26)32)40-29-4-2-1-3-28(29)34-41(38,39)25-8-5-23(6-9-25)30(37)36-19-17-35(18-20-36)16-13-22-11-14-33-15-12-22/h1-12,14-15,21,34H,13,16-20H2. The molecule has 0 saturated carbocycles. The molecule has 1 N–H and O–H groups in total. The van der Waals surface area contributed by atoms with Gasteiger partial charge in [0.25, 0.3) is 15.9 Å². The summed E-state index contributed by atoms with van der Waals surface area (Å²) in [4.78, 5) is 21.3. The third-order valence-corrected chi connectivity index (χ3v) is 8.91. The zero-order valence-electron chi connectivity index (χ0n) is 22.0. The van der Waals surface area contributed by atoms with Crippen LogP contribution in [0.2, 0.25) is 10.0 Å². The highest BCUT2D eigenvalue weighted by Gasteiger charge is 2.23. The van der Waals surface area contributed by atoms with Gasteiger partial charge >= 0.3 is 0 Å². The van der Waals surface area contributed by atoms with Crippen LogP contribution in [0.25, 0.3) is 0 Å². The van der Waals surface area contributed by atoms with Gasteiger partial charge in [-0.1, -0.05) is 35.3 Å². The monoisotopic (exact) mass is 610 g/mol. The number of nitrogens with one attached hydrogen (secondary N) is 1. The van der Waals surface area contributed by atoms with E-state index in [1.807, 2.05) is 12.1 Å². The van der Waals surface area contributed by atoms with Crippen molar-refractivity contribution >= 4 is 44.8 Å². The Morgan fingerprint density at radius 3 is 2.29 bits per heavy atom. The van der Waals surface area contributed by atoms with E-state index in [0.717, 1.165) is 26.1 Å². The first-order valence-corrected chi connectivity index (χ1v) is 15.3. The van der Waals surface area contributed by atoms with Crippen molar-refractivity contribution in [3.63, 3.8) is 0 Å². The number of carbonyl (C=O) groups excluding carboxylic acids is 1. The number of benzene rings is 3. The van der Waals surface area contributed by atoms with Crippen LogP contribution in [-0.4, -0.2) is 61.8 Å². The number of nitrogens with zero attached hydrogens (tertiary/aromatic N) is 3. The number of halogens is 2. The number of hydrogen-bond acceptors (Lipinski definition) is 6. The lowest BCUT2D eigenvalue weighted by molar-refractivity contribution is 0.0638. The van der Waals surface area contributed by atoms with Crippen LogP contribution in [0, 0.1) is 0 Å². The molecule has 1 fully saturated rings. The van der Waals surface area contributed by atoms with Crippen LogP contribution in [0.3, 0.4) is 0 Å². The van der Waals surface area contributed by atoms with Gasteiger partial charge in [-0.3, -0.25) is 19.4 Å². The highest BCUT2D eigenvalue weighted by atomic mass is 35.5. The Morgan fingerprint density at radius 1 is 0.878 bits per heavy atom. The average Bonchev–Trinajstić information content (AvgIpc) is 2.99. The third kappa shape index (κ3) is 7.37. The number of para-hydroxylation sites is 2. The summed E-state index contributed by atoms with van der Waals surface area (Å²) in [7, 11) is -3.96. The normalized spacial score (nSPS) is 14.0. The fourth-order valence-electron chi connectivity index (χ4n) is 4.48. The molecule has 4 aromatic rings. The van der Waals surface area contributed by atoms with Crippen molar-refractivity contribution in [1.29, 1.82) is 0 Å². The van der Waals surface area contributed by atoms with Gasteiger partial charge < -0.3 is 9.64 Å². The van der Waals surface area contributed by atoms with Crippen LogP contribution in [0.5, 0.6) is 11.5 Å². The molecule has 5 rings (SSSR count). The summed E-state index contributed by atoms with van der Waals surface area (Å²) in [6, 6.07) is 21.4. The SMILES string of the molecule is O=C(c1ccc(S(=O)(=O)Nc2ccccc2Oc2ccc(Cl)c(Cl)c2)cc1)N1CCN(CCc2ccncc2)CC1. The van der Waals surface area contributed by atoms with Crippen LogP contribution in [0.1, 0.15) is 15.9 Å². The summed E-state index contributed by atoms with van der Waals surface area (Å²) in [6.45, 7) is 3.74. The largest absolute Gasteiger partial charge is 0.455 e. The Hall–Kier alpha value is -3.63. The smallest absolute Gasteiger partial charge is 0.262 e. The number of ether oxygens (including phenoxy) is 1. The molecule has 11 heteroatoms. The number of sulfonamides is 1. The van der Waals surface area contributed by atoms with Gasteiger partial charge in [-0.15, -0.1) is 0 Å². The van der Waals surface area contributed by atoms with Crippen LogP contribution in [0.4, 0.5) is 5.69 Å². The molecule has 1 aliphatic heterocycles. The number of amides is 1. The van der Waals surface area contributed by atoms with Crippen molar-refractivity contribution in [2.75, 3.05) is 37.4 Å². The minimum absolute atomic E-state index is 0.0271. The lowest BCUT2D eigenvalue weighted by Gasteiger charge is -2.34. The number of carbonyl (C=O) groups is 1. The highest BCUT2D eigenvalue weighted by Crippen LogP contribution is 2.34. The average molecular weight is 612 g/mol. The molecule has 41 heavy (non-hydrogen) atoms. The molecule has 2 heterocycles. The van der Waals surface area contributed by atoms with Gasteiger partial charge in [0.15, 0.2) is 5.75 Å². The maximum Gasteiger partial charge on any atom is 0.262 e. The number of pyridine rings is 1. The minimum atomic E-state index is -3.96. The molecule has 1 aromatic heterocycles. The molecule has 3 aromatic carbocycles. The van der Waals surface area contributed by atoms with Gasteiger partial charge in [0.2, 0.25) is 0 Å². The van der Waals surface area contributed by atoms with Gasteiger partial charge in [0.05, 0.1) is 20.6 Å². The molecule has 0 atom stereocenters. The zero-order valence-corrected chi connectivity index (χ0v) is 24.4. The Morgan fingerprint density at radius 2 is 1.59 bits per heavy atom. The second-order valence-electron chi connectivity index (χ2n) is 9.54. The molecule has 1 aliphatic rings. The van der Waals surface area contributed by atoms with E-state index in [1.54, 1.807) is 71.9 Å². The van der Waals surface area contributed by atoms with E-state index in [2.05, 4.69) is 14.6 Å². The summed E-state index contributed by atoms with van der Waals surface area (Å²) in [5.41, 5.74) is 1.93. The van der Waals surface area contributed by atoms with Gasteiger partial charge in [0, 0.05) is 56.7 Å². The van der Waals surface area contributed by atoms with Crippen molar-refractivity contribution in [3.05, 3.63) is 112 Å². The summed E-state index contributed by atoms with van der Waals surface area (Å²) in [6.07, 6.45) is 4.53. The summed E-state index contributed by atoms with van der Waals surface area (Å²) in [5, 5.41) is 0.703. The molecule has 1 saturated heterocycles. The van der Waals surface area contributed by atoms with E-state index in [0.29, 0.717) is 40.2 Å². The lowest BCUT2D eigenvalue weighted by Crippen LogP contribution is -2.49. The number of hydrogen-bond donors (Lipinski definition) is 1. The highest BCUT2D eigenvalue weighted by molar-refractivity contribution is 7.92. The fraction of sp³-hybridized carbons (Fsp3) is 0.200. The molecule has 0 unspecified atom stereocenters. The van der Waals surface area contributed by atoms with Crippen molar-refractivity contribution in [2.24, 2.45) is 0 Å². The van der Waals surface area contributed by atoms with E-state index in [9.17, 15) is 13.2 Å². The topological polar surface area (TPSA) is 91.8 Å². The maximum absolute atomic E-state index is 13.2. The number of piperazine rings is 1. The van der Waals surface area contributed by atoms with Crippen molar-refractivity contribution in [3.8, 4) is 11.5 Å². The number of aromatic nitrogens is 1. The molecule has 8 nitrogen and oxygen atoms in total. The second kappa shape index (κ2) is 12.9. The second-order valence-corrected chi connectivity index (χ2v) is 12.0. The first kappa shape index (κ1) is 28.9. The molecule has 212 valence electrons. The zero-order chi connectivity index (χ0) is 28.8. The Kier molecular flexibility index (Phi) is 9.09. The molecule has 0 bridgehead atoms. The van der Waals surface area contributed by atoms with Crippen molar-refractivity contribution in [2.45, 2.75) is 11.3 Å². The fourth-order valence-corrected chi connectivity index (χ4v) is 5.84. The lowest BCUT2D eigenvalue weighted by atomic mass is 10.1. The number of anilines is 1. The Balaban J connectivity index is 1.19. The van der Waals surface area contributed by atoms with Crippen molar-refractivity contribution in [1.82, 2.24) is 14.8 Å². The van der Waals surface area contributed by atoms with Crippen LogP contribution in [0.15, 0.2) is 96.2 Å². The molecule has 1 amide bonds. The number of rotatable bonds is 9. The van der Waals surface area contributed by atoms with Gasteiger partial charge in [-0.25, -0.2) is 8.42 Å². The Bertz CT molecular complexity index is 1610. The maximum atomic E-state index is 13.2. The molecular weight excluding hydrogens is 583 g/mol. The van der Waals surface area contributed by atoms with Crippen molar-refractivity contribution < 1.29 is 17.9 Å². The molecule has 0 spiro atoms. The van der Waals surface area contributed by atoms with E-state index in [4.69, 9.17) is 27.9 Å². The van der Waals surface area contributed by atoms with E-state index in [1.165, 1.54) is 17.7 Å². The van der Waals surface area contributed by atoms with E-state index >= 15 is 0 Å². The predicted molar refractivity (Wildman–Crippen MR) is 161 cm³/mol. The summed E-state index contributed by atoms with van der Waals surface area (Å²) < 4.78 is 34.8. The molecule has 0 radical (unpaired) electrons. The molecule has 0 aliphatic carbocycles. The minimum Gasteiger partial charge on any atom is -0.455 e. The van der Waals surface area contributed by atoms with Crippen LogP contribution >= 0.6 is 23.2 Å². The van der Waals surface area contributed by atoms with Gasteiger partial charge in [-0.05, 0) is 72.6 Å². The van der Waals surface area contributed by atoms with E-state index < -0.39 is 10.0 Å². The summed E-state index contributed by atoms with van der Waals surface area (Å²) in [5.74, 6) is 0.584.